The van der Waals surface area contributed by atoms with Crippen LogP contribution < -0.4 is 5.32 Å². The van der Waals surface area contributed by atoms with E-state index in [1.807, 2.05) is 37.8 Å². The van der Waals surface area contributed by atoms with Crippen LogP contribution in [0.2, 0.25) is 0 Å². The third-order valence-electron chi connectivity index (χ3n) is 4.40. The van der Waals surface area contributed by atoms with Gasteiger partial charge in [0.15, 0.2) is 0 Å². The van der Waals surface area contributed by atoms with Crippen molar-refractivity contribution >= 4 is 11.9 Å². The molecular weight excluding hydrogens is 314 g/mol. The quantitative estimate of drug-likeness (QED) is 0.915. The average Bonchev–Trinajstić information content (AvgIpc) is 2.54. The van der Waals surface area contributed by atoms with Crippen molar-refractivity contribution in [2.24, 2.45) is 0 Å². The molecule has 2 rings (SSSR count). The predicted molar refractivity (Wildman–Crippen MR) is 101 cm³/mol. The molecule has 0 radical (unpaired) electrons. The van der Waals surface area contributed by atoms with Crippen LogP contribution in [0.3, 0.4) is 0 Å². The van der Waals surface area contributed by atoms with Gasteiger partial charge in [-0.3, -0.25) is 4.79 Å². The molecule has 1 heterocycles. The maximum atomic E-state index is 12.5. The largest absolute Gasteiger partial charge is 0.339 e. The van der Waals surface area contributed by atoms with Gasteiger partial charge in [0.2, 0.25) is 5.91 Å². The maximum absolute atomic E-state index is 12.5. The van der Waals surface area contributed by atoms with E-state index >= 15 is 0 Å². The second-order valence-electron chi connectivity index (χ2n) is 8.12. The number of amides is 3. The van der Waals surface area contributed by atoms with Crippen molar-refractivity contribution in [3.63, 3.8) is 0 Å². The standard InChI is InChI=1S/C20H31N3O2/c1-15(2)17-8-6-16(7-9-17)14-18(24)22-10-12-23(13-11-22)19(25)21-20(3,4)5/h6-9,15H,10-14H2,1-5H3,(H,21,25). The summed E-state index contributed by atoms with van der Waals surface area (Å²) in [5.41, 5.74) is 2.09. The maximum Gasteiger partial charge on any atom is 0.317 e. The summed E-state index contributed by atoms with van der Waals surface area (Å²) in [6.07, 6.45) is 0.423. The topological polar surface area (TPSA) is 52.7 Å². The van der Waals surface area contributed by atoms with E-state index in [1.165, 1.54) is 5.56 Å². The number of piperazine rings is 1. The van der Waals surface area contributed by atoms with Gasteiger partial charge in [-0.05, 0) is 37.8 Å². The Kier molecular flexibility index (Phi) is 6.09. The lowest BCUT2D eigenvalue weighted by Gasteiger charge is -2.36. The summed E-state index contributed by atoms with van der Waals surface area (Å²) in [6.45, 7) is 12.6. The van der Waals surface area contributed by atoms with Crippen molar-refractivity contribution in [1.29, 1.82) is 0 Å². The SMILES string of the molecule is CC(C)c1ccc(CC(=O)N2CCN(C(=O)NC(C)(C)C)CC2)cc1. The van der Waals surface area contributed by atoms with Crippen molar-refractivity contribution in [1.82, 2.24) is 15.1 Å². The molecule has 0 saturated carbocycles. The van der Waals surface area contributed by atoms with Crippen LogP contribution in [0.25, 0.3) is 0 Å². The molecule has 25 heavy (non-hydrogen) atoms. The highest BCUT2D eigenvalue weighted by atomic mass is 16.2. The summed E-state index contributed by atoms with van der Waals surface area (Å²) in [6, 6.07) is 8.23. The number of benzene rings is 1. The van der Waals surface area contributed by atoms with Gasteiger partial charge in [-0.1, -0.05) is 38.1 Å². The van der Waals surface area contributed by atoms with Crippen molar-refractivity contribution in [3.8, 4) is 0 Å². The Bertz CT molecular complexity index is 594. The fourth-order valence-electron chi connectivity index (χ4n) is 2.87. The van der Waals surface area contributed by atoms with Gasteiger partial charge in [0.25, 0.3) is 0 Å². The van der Waals surface area contributed by atoms with Crippen LogP contribution in [0, 0.1) is 0 Å². The molecule has 0 aliphatic carbocycles. The predicted octanol–water partition coefficient (Wildman–Crippen LogP) is 3.00. The lowest BCUT2D eigenvalue weighted by molar-refractivity contribution is -0.131. The molecule has 1 aliphatic rings. The van der Waals surface area contributed by atoms with Gasteiger partial charge in [-0.15, -0.1) is 0 Å². The van der Waals surface area contributed by atoms with E-state index in [4.69, 9.17) is 0 Å². The van der Waals surface area contributed by atoms with Gasteiger partial charge in [0.1, 0.15) is 0 Å². The number of nitrogens with zero attached hydrogens (tertiary/aromatic N) is 2. The Labute approximate surface area is 151 Å². The normalized spacial score (nSPS) is 15.4. The van der Waals surface area contributed by atoms with Gasteiger partial charge in [0, 0.05) is 31.7 Å². The summed E-state index contributed by atoms with van der Waals surface area (Å²) in [5, 5.41) is 2.97. The second kappa shape index (κ2) is 7.89. The second-order valence-corrected chi connectivity index (χ2v) is 8.12. The van der Waals surface area contributed by atoms with Crippen LogP contribution in [-0.4, -0.2) is 53.5 Å². The molecule has 0 unspecified atom stereocenters. The molecule has 0 atom stereocenters. The van der Waals surface area contributed by atoms with E-state index in [2.05, 4.69) is 31.3 Å². The van der Waals surface area contributed by atoms with E-state index in [1.54, 1.807) is 4.90 Å². The molecule has 0 bridgehead atoms. The molecule has 0 aromatic heterocycles. The Morgan fingerprint density at radius 1 is 1.00 bits per heavy atom. The summed E-state index contributed by atoms with van der Waals surface area (Å²) in [5.74, 6) is 0.630. The monoisotopic (exact) mass is 345 g/mol. The first kappa shape index (κ1) is 19.3. The molecule has 1 aromatic carbocycles. The van der Waals surface area contributed by atoms with Crippen LogP contribution >= 0.6 is 0 Å². The van der Waals surface area contributed by atoms with Crippen LogP contribution in [0.4, 0.5) is 4.79 Å². The number of carbonyl (C=O) groups excluding carboxylic acids is 2. The zero-order valence-electron chi connectivity index (χ0n) is 16.1. The fourth-order valence-corrected chi connectivity index (χ4v) is 2.87. The first-order valence-electron chi connectivity index (χ1n) is 9.09. The summed E-state index contributed by atoms with van der Waals surface area (Å²) in [4.78, 5) is 28.3. The number of hydrogen-bond acceptors (Lipinski definition) is 2. The zero-order chi connectivity index (χ0) is 18.6. The van der Waals surface area contributed by atoms with Crippen LogP contribution in [-0.2, 0) is 11.2 Å². The fraction of sp³-hybridized carbons (Fsp3) is 0.600. The Morgan fingerprint density at radius 2 is 1.52 bits per heavy atom. The van der Waals surface area contributed by atoms with E-state index in [-0.39, 0.29) is 17.5 Å². The number of hydrogen-bond donors (Lipinski definition) is 1. The van der Waals surface area contributed by atoms with Gasteiger partial charge in [0.05, 0.1) is 6.42 Å². The van der Waals surface area contributed by atoms with Crippen molar-refractivity contribution in [3.05, 3.63) is 35.4 Å². The Morgan fingerprint density at radius 3 is 2.00 bits per heavy atom. The molecule has 5 nitrogen and oxygen atoms in total. The molecule has 1 aliphatic heterocycles. The average molecular weight is 345 g/mol. The minimum absolute atomic E-state index is 0.0520. The molecule has 1 fully saturated rings. The van der Waals surface area contributed by atoms with Gasteiger partial charge >= 0.3 is 6.03 Å². The van der Waals surface area contributed by atoms with Gasteiger partial charge in [-0.2, -0.15) is 0 Å². The van der Waals surface area contributed by atoms with Gasteiger partial charge in [-0.25, -0.2) is 4.79 Å². The highest BCUT2D eigenvalue weighted by Gasteiger charge is 2.26. The molecule has 138 valence electrons. The highest BCUT2D eigenvalue weighted by Crippen LogP contribution is 2.15. The van der Waals surface area contributed by atoms with Gasteiger partial charge < -0.3 is 15.1 Å². The Balaban J connectivity index is 1.84. The third kappa shape index (κ3) is 5.76. The lowest BCUT2D eigenvalue weighted by atomic mass is 10.0. The van der Waals surface area contributed by atoms with Crippen molar-refractivity contribution in [2.45, 2.75) is 52.5 Å². The number of carbonyl (C=O) groups is 2. The van der Waals surface area contributed by atoms with E-state index in [0.29, 0.717) is 38.5 Å². The Hall–Kier alpha value is -2.04. The van der Waals surface area contributed by atoms with E-state index in [0.717, 1.165) is 5.56 Å². The molecule has 1 aromatic rings. The van der Waals surface area contributed by atoms with Crippen LogP contribution in [0.1, 0.15) is 51.7 Å². The summed E-state index contributed by atoms with van der Waals surface area (Å²) >= 11 is 0. The first-order valence-corrected chi connectivity index (χ1v) is 9.09. The smallest absolute Gasteiger partial charge is 0.317 e. The molecule has 5 heteroatoms. The first-order chi connectivity index (χ1) is 11.7. The van der Waals surface area contributed by atoms with Crippen molar-refractivity contribution < 1.29 is 9.59 Å². The third-order valence-corrected chi connectivity index (χ3v) is 4.40. The summed E-state index contributed by atoms with van der Waals surface area (Å²) in [7, 11) is 0. The molecule has 1 N–H and O–H groups in total. The minimum atomic E-state index is -0.244. The van der Waals surface area contributed by atoms with Crippen LogP contribution in [0.5, 0.6) is 0 Å². The molecule has 1 saturated heterocycles. The molecule has 3 amide bonds. The minimum Gasteiger partial charge on any atom is -0.339 e. The van der Waals surface area contributed by atoms with Crippen LogP contribution in [0.15, 0.2) is 24.3 Å². The lowest BCUT2D eigenvalue weighted by Crippen LogP contribution is -2.56. The molecular formula is C20H31N3O2. The number of rotatable bonds is 3. The van der Waals surface area contributed by atoms with E-state index < -0.39 is 0 Å². The zero-order valence-corrected chi connectivity index (χ0v) is 16.1. The highest BCUT2D eigenvalue weighted by molar-refractivity contribution is 5.79. The number of urea groups is 1. The van der Waals surface area contributed by atoms with E-state index in [9.17, 15) is 9.59 Å². The number of nitrogens with one attached hydrogen (secondary N) is 1. The van der Waals surface area contributed by atoms with Crippen molar-refractivity contribution in [2.75, 3.05) is 26.2 Å². The molecule has 0 spiro atoms. The summed E-state index contributed by atoms with van der Waals surface area (Å²) < 4.78 is 0.